The van der Waals surface area contributed by atoms with Gasteiger partial charge in [0.15, 0.2) is 11.5 Å². The highest BCUT2D eigenvalue weighted by Gasteiger charge is 2.37. The van der Waals surface area contributed by atoms with Crippen molar-refractivity contribution in [1.29, 1.82) is 0 Å². The van der Waals surface area contributed by atoms with Crippen LogP contribution in [0.1, 0.15) is 38.2 Å². The Kier molecular flexibility index (Phi) is 6.17. The molecule has 2 saturated heterocycles. The van der Waals surface area contributed by atoms with E-state index in [0.29, 0.717) is 42.5 Å². The molecular weight excluding hydrogens is 408 g/mol. The monoisotopic (exact) mass is 432 g/mol. The first kappa shape index (κ1) is 20.6. The van der Waals surface area contributed by atoms with Gasteiger partial charge in [0.25, 0.3) is 11.1 Å². The fourth-order valence-electron chi connectivity index (χ4n) is 3.67. The van der Waals surface area contributed by atoms with E-state index in [1.54, 1.807) is 23.1 Å². The lowest BCUT2D eigenvalue weighted by Gasteiger charge is -2.22. The lowest BCUT2D eigenvalue weighted by atomic mass is 10.1. The van der Waals surface area contributed by atoms with Crippen LogP contribution in [0, 0.1) is 0 Å². The summed E-state index contributed by atoms with van der Waals surface area (Å²) in [6.07, 6.45) is 5.72. The predicted octanol–water partition coefficient (Wildman–Crippen LogP) is 3.25. The van der Waals surface area contributed by atoms with Gasteiger partial charge < -0.3 is 19.1 Å². The average Bonchev–Trinajstić information content (AvgIpc) is 3.14. The number of carbonyl (C=O) groups is 3. The molecule has 0 unspecified atom stereocenters. The van der Waals surface area contributed by atoms with Crippen LogP contribution in [0.2, 0.25) is 0 Å². The Hall–Kier alpha value is -2.68. The zero-order chi connectivity index (χ0) is 21.1. The van der Waals surface area contributed by atoms with Gasteiger partial charge in [0.2, 0.25) is 12.7 Å². The molecule has 2 fully saturated rings. The lowest BCUT2D eigenvalue weighted by molar-refractivity contribution is -0.135. The molecule has 0 aliphatic carbocycles. The van der Waals surface area contributed by atoms with E-state index in [2.05, 4.69) is 0 Å². The van der Waals surface area contributed by atoms with Crippen LogP contribution in [-0.2, 0) is 9.59 Å². The van der Waals surface area contributed by atoms with Gasteiger partial charge in [-0.1, -0.05) is 12.8 Å². The number of carbonyl (C=O) groups excluding carboxylic acids is 3. The van der Waals surface area contributed by atoms with Crippen molar-refractivity contribution in [2.45, 2.75) is 32.6 Å². The summed E-state index contributed by atoms with van der Waals surface area (Å²) in [5.74, 6) is 1.02. The molecule has 8 nitrogen and oxygen atoms in total. The van der Waals surface area contributed by atoms with Crippen LogP contribution < -0.4 is 14.2 Å². The van der Waals surface area contributed by atoms with Gasteiger partial charge in [-0.2, -0.15) is 0 Å². The van der Waals surface area contributed by atoms with Crippen LogP contribution in [0.25, 0.3) is 6.08 Å². The highest BCUT2D eigenvalue weighted by molar-refractivity contribution is 8.18. The van der Waals surface area contributed by atoms with Crippen LogP contribution in [0.15, 0.2) is 17.0 Å². The number of amides is 3. The van der Waals surface area contributed by atoms with E-state index in [9.17, 15) is 14.4 Å². The molecule has 0 atom stereocenters. The smallest absolute Gasteiger partial charge is 0.294 e. The van der Waals surface area contributed by atoms with Crippen molar-refractivity contribution in [3.63, 3.8) is 0 Å². The molecule has 0 saturated carbocycles. The Bertz CT molecular complexity index is 892. The summed E-state index contributed by atoms with van der Waals surface area (Å²) < 4.78 is 16.4. The molecule has 3 aliphatic rings. The SMILES string of the molecule is CCOc1cc2c(cc1C=C1SC(=O)N(CC(=O)N3CCCCCC3)C1=O)OCO2. The molecule has 1 aromatic carbocycles. The Labute approximate surface area is 179 Å². The third-order valence-electron chi connectivity index (χ3n) is 5.22. The van der Waals surface area contributed by atoms with Crippen molar-refractivity contribution >= 4 is 34.9 Å². The zero-order valence-electron chi connectivity index (χ0n) is 16.8. The topological polar surface area (TPSA) is 85.4 Å². The minimum atomic E-state index is -0.465. The van der Waals surface area contributed by atoms with E-state index in [1.165, 1.54) is 0 Å². The molecule has 30 heavy (non-hydrogen) atoms. The maximum Gasteiger partial charge on any atom is 0.294 e. The van der Waals surface area contributed by atoms with E-state index < -0.39 is 11.1 Å². The molecule has 1 aromatic rings. The number of ether oxygens (including phenoxy) is 3. The Morgan fingerprint density at radius 3 is 2.53 bits per heavy atom. The molecule has 0 bridgehead atoms. The predicted molar refractivity (Wildman–Crippen MR) is 111 cm³/mol. The molecule has 4 rings (SSSR count). The van der Waals surface area contributed by atoms with Crippen LogP contribution in [-0.4, -0.2) is 59.9 Å². The van der Waals surface area contributed by atoms with Gasteiger partial charge in [0, 0.05) is 24.7 Å². The number of hydrogen-bond donors (Lipinski definition) is 0. The number of likely N-dealkylation sites (tertiary alicyclic amines) is 1. The Balaban J connectivity index is 1.52. The molecule has 0 spiro atoms. The van der Waals surface area contributed by atoms with Crippen molar-refractivity contribution in [1.82, 2.24) is 9.80 Å². The number of rotatable bonds is 5. The largest absolute Gasteiger partial charge is 0.493 e. The number of nitrogens with zero attached hydrogens (tertiary/aromatic N) is 2. The molecule has 3 amide bonds. The molecule has 3 aliphatic heterocycles. The van der Waals surface area contributed by atoms with Crippen molar-refractivity contribution in [3.05, 3.63) is 22.6 Å². The van der Waals surface area contributed by atoms with E-state index in [4.69, 9.17) is 14.2 Å². The van der Waals surface area contributed by atoms with Crippen LogP contribution in [0.3, 0.4) is 0 Å². The van der Waals surface area contributed by atoms with Crippen LogP contribution in [0.5, 0.6) is 17.2 Å². The van der Waals surface area contributed by atoms with Gasteiger partial charge in [0.05, 0.1) is 11.5 Å². The second-order valence-corrected chi connectivity index (χ2v) is 8.23. The summed E-state index contributed by atoms with van der Waals surface area (Å²) in [7, 11) is 0. The van der Waals surface area contributed by atoms with Gasteiger partial charge >= 0.3 is 0 Å². The van der Waals surface area contributed by atoms with Gasteiger partial charge in [0.1, 0.15) is 12.3 Å². The van der Waals surface area contributed by atoms with Crippen molar-refractivity contribution in [2.24, 2.45) is 0 Å². The zero-order valence-corrected chi connectivity index (χ0v) is 17.7. The Morgan fingerprint density at radius 1 is 1.13 bits per heavy atom. The van der Waals surface area contributed by atoms with E-state index in [1.807, 2.05) is 6.92 Å². The number of benzene rings is 1. The third-order valence-corrected chi connectivity index (χ3v) is 6.12. The normalized spacial score (nSPS) is 20.1. The van der Waals surface area contributed by atoms with Crippen LogP contribution in [0.4, 0.5) is 4.79 Å². The number of fused-ring (bicyclic) bond motifs is 1. The molecule has 0 aromatic heterocycles. The third kappa shape index (κ3) is 4.26. The molecule has 3 heterocycles. The van der Waals surface area contributed by atoms with E-state index in [0.717, 1.165) is 42.3 Å². The maximum absolute atomic E-state index is 12.9. The minimum absolute atomic E-state index is 0.124. The minimum Gasteiger partial charge on any atom is -0.493 e. The molecular formula is C21H24N2O6S. The Morgan fingerprint density at radius 2 is 1.83 bits per heavy atom. The second kappa shape index (κ2) is 8.99. The first-order valence-corrected chi connectivity index (χ1v) is 11.0. The lowest BCUT2D eigenvalue weighted by Crippen LogP contribution is -2.42. The molecule has 0 radical (unpaired) electrons. The van der Waals surface area contributed by atoms with Crippen molar-refractivity contribution < 1.29 is 28.6 Å². The fraction of sp³-hybridized carbons (Fsp3) is 0.476. The summed E-state index contributed by atoms with van der Waals surface area (Å²) in [6, 6.07) is 3.44. The van der Waals surface area contributed by atoms with Crippen molar-refractivity contribution in [2.75, 3.05) is 33.0 Å². The van der Waals surface area contributed by atoms with Gasteiger partial charge in [-0.25, -0.2) is 0 Å². The van der Waals surface area contributed by atoms with Gasteiger partial charge in [-0.15, -0.1) is 0 Å². The van der Waals surface area contributed by atoms with Gasteiger partial charge in [-0.3, -0.25) is 19.3 Å². The first-order chi connectivity index (χ1) is 14.6. The molecule has 160 valence electrons. The highest BCUT2D eigenvalue weighted by atomic mass is 32.2. The standard InChI is InChI=1S/C21H24N2O6S/c1-2-27-15-11-17-16(28-13-29-17)9-14(15)10-18-20(25)23(21(26)30-18)12-19(24)22-7-5-3-4-6-8-22/h9-11H,2-8,12-13H2,1H3. The van der Waals surface area contributed by atoms with Crippen molar-refractivity contribution in [3.8, 4) is 17.2 Å². The fourth-order valence-corrected chi connectivity index (χ4v) is 4.49. The highest BCUT2D eigenvalue weighted by Crippen LogP contribution is 2.41. The van der Waals surface area contributed by atoms with E-state index in [-0.39, 0.29) is 24.2 Å². The summed E-state index contributed by atoms with van der Waals surface area (Å²) in [5.41, 5.74) is 0.616. The summed E-state index contributed by atoms with van der Waals surface area (Å²) in [5, 5.41) is -0.437. The quantitative estimate of drug-likeness (QED) is 0.660. The van der Waals surface area contributed by atoms with E-state index >= 15 is 0 Å². The summed E-state index contributed by atoms with van der Waals surface area (Å²) in [6.45, 7) is 3.56. The second-order valence-electron chi connectivity index (χ2n) is 7.24. The number of thioether (sulfide) groups is 1. The first-order valence-electron chi connectivity index (χ1n) is 10.2. The molecule has 0 N–H and O–H groups in total. The number of hydrogen-bond acceptors (Lipinski definition) is 7. The molecule has 9 heteroatoms. The van der Waals surface area contributed by atoms with Crippen LogP contribution >= 0.6 is 11.8 Å². The number of imide groups is 1. The summed E-state index contributed by atoms with van der Waals surface area (Å²) >= 11 is 0.830. The summed E-state index contributed by atoms with van der Waals surface area (Å²) in [4.78, 5) is 41.0. The average molecular weight is 432 g/mol. The maximum atomic E-state index is 12.9. The van der Waals surface area contributed by atoms with Gasteiger partial charge in [-0.05, 0) is 43.7 Å².